The first kappa shape index (κ1) is 21.2. The second-order valence-corrected chi connectivity index (χ2v) is 8.16. The van der Waals surface area contributed by atoms with Crippen LogP contribution in [-0.2, 0) is 9.47 Å². The number of hydrogen-bond acceptors (Lipinski definition) is 7. The van der Waals surface area contributed by atoms with Gasteiger partial charge in [-0.1, -0.05) is 0 Å². The number of carbonyl (C=O) groups excluding carboxylic acids is 3. The fraction of sp³-hybridized carbons (Fsp3) is 0.471. The zero-order valence-electron chi connectivity index (χ0n) is 15.0. The third-order valence-corrected chi connectivity index (χ3v) is 3.39. The van der Waals surface area contributed by atoms with Crippen molar-refractivity contribution in [2.75, 3.05) is 0 Å². The van der Waals surface area contributed by atoms with Crippen LogP contribution in [0.2, 0.25) is 0 Å². The zero-order valence-corrected chi connectivity index (χ0v) is 17.1. The van der Waals surface area contributed by atoms with E-state index >= 15 is 0 Å². The maximum atomic E-state index is 11.8. The van der Waals surface area contributed by atoms with E-state index in [9.17, 15) is 14.4 Å². The molecule has 0 radical (unpaired) electrons. The van der Waals surface area contributed by atoms with Gasteiger partial charge < -0.3 is 18.9 Å². The number of halogens is 1. The molecule has 0 fully saturated rings. The molecule has 0 atom stereocenters. The standard InChI is InChI=1S/C17H21IO7/c1-16(2,3)24-14(20)22-11-7-10(9-19)8-12(13(11)18)23-15(21)25-17(4,5)6/h7-9H,1-6H3. The molecule has 8 heteroatoms. The molecule has 0 unspecified atom stereocenters. The minimum Gasteiger partial charge on any atom is -0.428 e. The second-order valence-electron chi connectivity index (χ2n) is 7.08. The van der Waals surface area contributed by atoms with Gasteiger partial charge in [0, 0.05) is 5.56 Å². The molecule has 7 nitrogen and oxygen atoms in total. The van der Waals surface area contributed by atoms with Crippen molar-refractivity contribution in [1.29, 1.82) is 0 Å². The lowest BCUT2D eigenvalue weighted by Crippen LogP contribution is -2.27. The van der Waals surface area contributed by atoms with Gasteiger partial charge >= 0.3 is 12.3 Å². The highest BCUT2D eigenvalue weighted by Gasteiger charge is 2.23. The lowest BCUT2D eigenvalue weighted by molar-refractivity contribution is 0.0200. The van der Waals surface area contributed by atoms with E-state index in [1.807, 2.05) is 22.6 Å². The van der Waals surface area contributed by atoms with Crippen LogP contribution < -0.4 is 9.47 Å². The van der Waals surface area contributed by atoms with E-state index in [1.165, 1.54) is 12.1 Å². The molecule has 0 aromatic heterocycles. The van der Waals surface area contributed by atoms with Gasteiger partial charge in [-0.3, -0.25) is 4.79 Å². The van der Waals surface area contributed by atoms with E-state index in [4.69, 9.17) is 18.9 Å². The summed E-state index contributed by atoms with van der Waals surface area (Å²) >= 11 is 1.83. The van der Waals surface area contributed by atoms with E-state index < -0.39 is 23.5 Å². The van der Waals surface area contributed by atoms with Gasteiger partial charge in [0.1, 0.15) is 17.5 Å². The van der Waals surface area contributed by atoms with Crippen LogP contribution in [0.3, 0.4) is 0 Å². The smallest absolute Gasteiger partial charge is 0.428 e. The van der Waals surface area contributed by atoms with E-state index in [0.29, 0.717) is 9.86 Å². The van der Waals surface area contributed by atoms with Crippen molar-refractivity contribution in [2.24, 2.45) is 0 Å². The Balaban J connectivity index is 3.06. The SMILES string of the molecule is CC(C)(C)OC(=O)Oc1cc(C=O)cc(OC(=O)OC(C)(C)C)c1I. The first-order valence-electron chi connectivity index (χ1n) is 7.41. The Hall–Kier alpha value is -1.84. The first-order valence-corrected chi connectivity index (χ1v) is 8.49. The molecular formula is C17H21IO7. The molecule has 1 aromatic rings. The minimum atomic E-state index is -0.934. The summed E-state index contributed by atoms with van der Waals surface area (Å²) in [6, 6.07) is 2.70. The van der Waals surface area contributed by atoms with Crippen LogP contribution in [-0.4, -0.2) is 29.8 Å². The normalized spacial score (nSPS) is 11.5. The Kier molecular flexibility index (Phi) is 6.81. The monoisotopic (exact) mass is 464 g/mol. The van der Waals surface area contributed by atoms with Crippen LogP contribution >= 0.6 is 22.6 Å². The van der Waals surface area contributed by atoms with Gasteiger partial charge in [-0.2, -0.15) is 0 Å². The molecule has 0 spiro atoms. The maximum Gasteiger partial charge on any atom is 0.514 e. The van der Waals surface area contributed by atoms with Crippen molar-refractivity contribution in [1.82, 2.24) is 0 Å². The Morgan fingerprint density at radius 2 is 1.24 bits per heavy atom. The highest BCUT2D eigenvalue weighted by Crippen LogP contribution is 2.33. The largest absolute Gasteiger partial charge is 0.514 e. The number of carbonyl (C=O) groups is 3. The van der Waals surface area contributed by atoms with Crippen LogP contribution in [0, 0.1) is 3.57 Å². The quantitative estimate of drug-likeness (QED) is 0.277. The predicted octanol–water partition coefficient (Wildman–Crippen LogP) is 4.73. The molecule has 1 aromatic carbocycles. The van der Waals surface area contributed by atoms with E-state index in [-0.39, 0.29) is 17.1 Å². The Morgan fingerprint density at radius 1 is 0.880 bits per heavy atom. The maximum absolute atomic E-state index is 11.8. The summed E-state index contributed by atoms with van der Waals surface area (Å²) in [6.07, 6.45) is -1.33. The topological polar surface area (TPSA) is 88.1 Å². The van der Waals surface area contributed by atoms with E-state index in [2.05, 4.69) is 0 Å². The lowest BCUT2D eigenvalue weighted by atomic mass is 10.2. The first-order chi connectivity index (χ1) is 11.3. The van der Waals surface area contributed by atoms with E-state index in [1.54, 1.807) is 41.5 Å². The Bertz CT molecular complexity index is 618. The molecule has 0 saturated carbocycles. The van der Waals surface area contributed by atoms with Gasteiger partial charge in [-0.05, 0) is 76.3 Å². The summed E-state index contributed by atoms with van der Waals surface area (Å²) < 4.78 is 20.7. The molecule has 138 valence electrons. The average molecular weight is 464 g/mol. The van der Waals surface area contributed by atoms with Crippen molar-refractivity contribution < 1.29 is 33.3 Å². The van der Waals surface area contributed by atoms with Gasteiger partial charge in [-0.25, -0.2) is 9.59 Å². The molecule has 1 rings (SSSR count). The fourth-order valence-electron chi connectivity index (χ4n) is 1.53. The molecule has 25 heavy (non-hydrogen) atoms. The third-order valence-electron chi connectivity index (χ3n) is 2.33. The molecule has 0 N–H and O–H groups in total. The summed E-state index contributed by atoms with van der Waals surface area (Å²) in [5.74, 6) is 0.0796. The van der Waals surface area contributed by atoms with E-state index in [0.717, 1.165) is 0 Å². The van der Waals surface area contributed by atoms with Crippen LogP contribution in [0.25, 0.3) is 0 Å². The lowest BCUT2D eigenvalue weighted by Gasteiger charge is -2.20. The molecular weight excluding hydrogens is 443 g/mol. The number of aldehydes is 1. The molecule has 0 aliphatic heterocycles. The number of ether oxygens (including phenoxy) is 4. The summed E-state index contributed by atoms with van der Waals surface area (Å²) in [7, 11) is 0. The second kappa shape index (κ2) is 8.03. The summed E-state index contributed by atoms with van der Waals surface area (Å²) in [6.45, 7) is 10.2. The average Bonchev–Trinajstić information content (AvgIpc) is 2.38. The van der Waals surface area contributed by atoms with Crippen molar-refractivity contribution in [3.63, 3.8) is 0 Å². The summed E-state index contributed by atoms with van der Waals surface area (Å²) in [5, 5.41) is 0. The van der Waals surface area contributed by atoms with Crippen molar-refractivity contribution in [3.8, 4) is 11.5 Å². The third kappa shape index (κ3) is 7.72. The van der Waals surface area contributed by atoms with Crippen molar-refractivity contribution in [3.05, 3.63) is 21.3 Å². The van der Waals surface area contributed by atoms with Crippen molar-refractivity contribution >= 4 is 41.2 Å². The van der Waals surface area contributed by atoms with Crippen LogP contribution in [0.4, 0.5) is 9.59 Å². The van der Waals surface area contributed by atoms with Crippen LogP contribution in [0.5, 0.6) is 11.5 Å². The molecule has 0 amide bonds. The van der Waals surface area contributed by atoms with Crippen LogP contribution in [0.15, 0.2) is 12.1 Å². The summed E-state index contributed by atoms with van der Waals surface area (Å²) in [4.78, 5) is 34.8. The molecule has 0 saturated heterocycles. The van der Waals surface area contributed by atoms with Gasteiger partial charge in [0.05, 0.1) is 3.57 Å². The predicted molar refractivity (Wildman–Crippen MR) is 98.3 cm³/mol. The minimum absolute atomic E-state index is 0.0398. The highest BCUT2D eigenvalue weighted by atomic mass is 127. The van der Waals surface area contributed by atoms with Gasteiger partial charge in [0.2, 0.25) is 0 Å². The molecule has 0 bridgehead atoms. The number of rotatable bonds is 3. The molecule has 0 heterocycles. The molecule has 0 aliphatic carbocycles. The van der Waals surface area contributed by atoms with Crippen LogP contribution in [0.1, 0.15) is 51.9 Å². The van der Waals surface area contributed by atoms with Gasteiger partial charge in [0.25, 0.3) is 0 Å². The molecule has 0 aliphatic rings. The zero-order chi connectivity index (χ0) is 19.4. The fourth-order valence-corrected chi connectivity index (χ4v) is 2.06. The summed E-state index contributed by atoms with van der Waals surface area (Å²) in [5.41, 5.74) is -1.31. The number of hydrogen-bond donors (Lipinski definition) is 0. The highest BCUT2D eigenvalue weighted by molar-refractivity contribution is 14.1. The van der Waals surface area contributed by atoms with Crippen molar-refractivity contribution in [2.45, 2.75) is 52.7 Å². The van der Waals surface area contributed by atoms with Gasteiger partial charge in [-0.15, -0.1) is 0 Å². The number of benzene rings is 1. The Labute approximate surface area is 160 Å². The Morgan fingerprint density at radius 3 is 1.52 bits per heavy atom. The van der Waals surface area contributed by atoms with Gasteiger partial charge in [0.15, 0.2) is 11.5 Å².